The van der Waals surface area contributed by atoms with E-state index in [1.165, 1.54) is 17.5 Å². The lowest BCUT2D eigenvalue weighted by molar-refractivity contribution is -0.0972. The van der Waals surface area contributed by atoms with Crippen molar-refractivity contribution in [2.75, 3.05) is 51.3 Å². The van der Waals surface area contributed by atoms with Crippen molar-refractivity contribution in [3.63, 3.8) is 0 Å². The monoisotopic (exact) mass is 764 g/mol. The Morgan fingerprint density at radius 2 is 1.91 bits per heavy atom. The van der Waals surface area contributed by atoms with Gasteiger partial charge in [0, 0.05) is 74.0 Å². The highest BCUT2D eigenvalue weighted by molar-refractivity contribution is 7.90. The maximum Gasteiger partial charge on any atom is 0.264 e. The fourth-order valence-corrected chi connectivity index (χ4v) is 12.2. The zero-order valence-corrected chi connectivity index (χ0v) is 33.6. The molecule has 11 heteroatoms. The first-order valence-corrected chi connectivity index (χ1v) is 21.8. The molecule has 4 aliphatic heterocycles. The van der Waals surface area contributed by atoms with Crippen molar-refractivity contribution in [3.8, 4) is 5.75 Å². The number of nitrogens with one attached hydrogen (secondary N) is 1. The normalized spacial score (nSPS) is 36.3. The third-order valence-corrected chi connectivity index (χ3v) is 16.3. The van der Waals surface area contributed by atoms with Crippen molar-refractivity contribution < 1.29 is 22.7 Å². The first kappa shape index (κ1) is 37.3. The molecule has 0 unspecified atom stereocenters. The summed E-state index contributed by atoms with van der Waals surface area (Å²) in [5.74, 6) is 0.536. The van der Waals surface area contributed by atoms with Crippen LogP contribution >= 0.6 is 11.6 Å². The summed E-state index contributed by atoms with van der Waals surface area (Å²) in [6, 6.07) is 13.3. The maximum absolute atomic E-state index is 13.7. The summed E-state index contributed by atoms with van der Waals surface area (Å²) in [7, 11) is -2.08. The molecule has 9 nitrogen and oxygen atoms in total. The number of carbonyl (C=O) groups excluding carboxylic acids is 1. The number of sulfonamides is 1. The highest BCUT2D eigenvalue weighted by Crippen LogP contribution is 2.50. The molecule has 4 bridgehead atoms. The van der Waals surface area contributed by atoms with Crippen LogP contribution in [0, 0.1) is 17.8 Å². The molecule has 4 heterocycles. The van der Waals surface area contributed by atoms with Gasteiger partial charge < -0.3 is 14.4 Å². The van der Waals surface area contributed by atoms with Gasteiger partial charge in [0.2, 0.25) is 10.0 Å². The van der Waals surface area contributed by atoms with E-state index in [2.05, 4.69) is 57.6 Å². The summed E-state index contributed by atoms with van der Waals surface area (Å²) in [6.45, 7) is 13.3. The topological polar surface area (TPSA) is 91.4 Å². The van der Waals surface area contributed by atoms with E-state index in [1.807, 2.05) is 32.2 Å². The molecule has 53 heavy (non-hydrogen) atoms. The van der Waals surface area contributed by atoms with Crippen LogP contribution in [0.25, 0.3) is 0 Å². The third-order valence-electron chi connectivity index (χ3n) is 14.1. The lowest BCUT2D eigenvalue weighted by atomic mass is 9.63. The Bertz CT molecular complexity index is 1870. The minimum absolute atomic E-state index is 0.209. The Kier molecular flexibility index (Phi) is 9.95. The SMILES string of the molecule is CO[C@]1(CN2C[C@H]3C[C@@H]2CN3C(C)C)/C=C/C[C@H](C)[C@@H](C)S(=O)(=O)NC(=O)c2ccc3c(c2)N(C[C@@H]2CC[C@H]21)C[C@@]1(CCCc2cc(Cl)ccc21)CO3. The van der Waals surface area contributed by atoms with Crippen molar-refractivity contribution in [3.05, 3.63) is 70.3 Å². The number of likely N-dealkylation sites (tertiary alicyclic amines) is 2. The number of fused-ring (bicyclic) bond motifs is 6. The zero-order chi connectivity index (χ0) is 37.3. The van der Waals surface area contributed by atoms with Gasteiger partial charge in [-0.1, -0.05) is 36.7 Å². The van der Waals surface area contributed by atoms with Crippen LogP contribution in [-0.2, 0) is 26.6 Å². The van der Waals surface area contributed by atoms with Gasteiger partial charge in [0.05, 0.1) is 17.5 Å². The summed E-state index contributed by atoms with van der Waals surface area (Å²) in [6.07, 6.45) is 11.4. The van der Waals surface area contributed by atoms with Crippen LogP contribution < -0.4 is 14.4 Å². The number of nitrogens with zero attached hydrogens (tertiary/aromatic N) is 3. The summed E-state index contributed by atoms with van der Waals surface area (Å²) < 4.78 is 43.2. The van der Waals surface area contributed by atoms with Gasteiger partial charge in [-0.05, 0) is 125 Å². The van der Waals surface area contributed by atoms with Crippen molar-refractivity contribution in [2.24, 2.45) is 17.8 Å². The van der Waals surface area contributed by atoms with Crippen LogP contribution in [0.15, 0.2) is 48.6 Å². The average molecular weight is 765 g/mol. The molecule has 1 amide bonds. The second kappa shape index (κ2) is 14.1. The number of anilines is 1. The van der Waals surface area contributed by atoms with Gasteiger partial charge in [-0.15, -0.1) is 0 Å². The molecule has 1 saturated carbocycles. The molecule has 3 fully saturated rings. The van der Waals surface area contributed by atoms with Crippen molar-refractivity contribution >= 4 is 33.2 Å². The number of rotatable bonds is 4. The number of halogens is 1. The number of piperazine rings is 1. The Balaban J connectivity index is 1.19. The summed E-state index contributed by atoms with van der Waals surface area (Å²) in [5.41, 5.74) is 2.96. The van der Waals surface area contributed by atoms with Crippen molar-refractivity contribution in [1.82, 2.24) is 14.5 Å². The molecule has 8 atom stereocenters. The summed E-state index contributed by atoms with van der Waals surface area (Å²) in [4.78, 5) is 21.5. The maximum atomic E-state index is 13.7. The predicted molar refractivity (Wildman–Crippen MR) is 211 cm³/mol. The number of allylic oxidation sites excluding steroid dienone is 1. The zero-order valence-electron chi connectivity index (χ0n) is 32.0. The molecule has 6 aliphatic rings. The van der Waals surface area contributed by atoms with Gasteiger partial charge >= 0.3 is 0 Å². The van der Waals surface area contributed by atoms with E-state index in [4.69, 9.17) is 21.1 Å². The highest BCUT2D eigenvalue weighted by atomic mass is 35.5. The fourth-order valence-electron chi connectivity index (χ4n) is 10.7. The van der Waals surface area contributed by atoms with Gasteiger partial charge in [0.15, 0.2) is 0 Å². The van der Waals surface area contributed by atoms with Crippen LogP contribution in [0.2, 0.25) is 5.02 Å². The van der Waals surface area contributed by atoms with E-state index in [9.17, 15) is 13.2 Å². The Morgan fingerprint density at radius 1 is 1.08 bits per heavy atom. The number of methoxy groups -OCH3 is 1. The number of hydrogen-bond donors (Lipinski definition) is 1. The Hall–Kier alpha value is -2.63. The second-order valence-corrected chi connectivity index (χ2v) is 19.9. The van der Waals surface area contributed by atoms with E-state index in [1.54, 1.807) is 13.0 Å². The molecular formula is C42H57ClN4O5S. The molecular weight excluding hydrogens is 708 g/mol. The molecule has 0 aromatic heterocycles. The van der Waals surface area contributed by atoms with E-state index >= 15 is 0 Å². The van der Waals surface area contributed by atoms with Crippen molar-refractivity contribution in [2.45, 2.75) is 107 Å². The number of hydrogen-bond acceptors (Lipinski definition) is 8. The van der Waals surface area contributed by atoms with Crippen LogP contribution in [0.5, 0.6) is 5.75 Å². The van der Waals surface area contributed by atoms with Gasteiger partial charge in [0.25, 0.3) is 5.91 Å². The molecule has 0 radical (unpaired) electrons. The van der Waals surface area contributed by atoms with Crippen LogP contribution in [0.1, 0.15) is 87.7 Å². The Morgan fingerprint density at radius 3 is 2.62 bits per heavy atom. The second-order valence-electron chi connectivity index (χ2n) is 17.5. The van der Waals surface area contributed by atoms with Crippen molar-refractivity contribution in [1.29, 1.82) is 0 Å². The molecule has 2 aromatic rings. The predicted octanol–water partition coefficient (Wildman–Crippen LogP) is 6.44. The molecule has 2 aromatic carbocycles. The summed E-state index contributed by atoms with van der Waals surface area (Å²) >= 11 is 6.51. The molecule has 2 aliphatic carbocycles. The van der Waals surface area contributed by atoms with E-state index in [0.29, 0.717) is 42.6 Å². The van der Waals surface area contributed by atoms with E-state index in [0.717, 1.165) is 81.3 Å². The van der Waals surface area contributed by atoms with Gasteiger partial charge in [0.1, 0.15) is 11.4 Å². The minimum Gasteiger partial charge on any atom is -0.490 e. The number of aryl methyl sites for hydroxylation is 1. The standard InChI is InChI=1S/C42H57ClN4O5S/c1-27(2)47-23-34-20-35(47)22-45(34)25-42(51-5)17-6-8-28(3)29(4)53(49,50)44-40(48)31-11-15-39-38(19-31)46(21-32-10-13-37(32)42)24-41(26-52-39)16-7-9-30-18-33(43)12-14-36(30)41/h6,11-12,14-15,17-19,27-29,32,34-35,37H,7-10,13,16,20-26H2,1-5H3,(H,44,48)/b17-6+/t28-,29+,32-,34+,35+,37+,41-,42-/m0/s1. The molecule has 8 rings (SSSR count). The number of ether oxygens (including phenoxy) is 2. The van der Waals surface area contributed by atoms with Crippen LogP contribution in [0.4, 0.5) is 5.69 Å². The van der Waals surface area contributed by atoms with Gasteiger partial charge in [-0.2, -0.15) is 0 Å². The third kappa shape index (κ3) is 6.72. The number of carbonyl (C=O) groups is 1. The Labute approximate surface area is 321 Å². The molecule has 1 spiro atoms. The fraction of sp³-hybridized carbons (Fsp3) is 0.643. The molecule has 288 valence electrons. The smallest absolute Gasteiger partial charge is 0.264 e. The van der Waals surface area contributed by atoms with E-state index < -0.39 is 26.8 Å². The highest BCUT2D eigenvalue weighted by Gasteiger charge is 2.53. The summed E-state index contributed by atoms with van der Waals surface area (Å²) in [5, 5.41) is -0.0171. The first-order chi connectivity index (χ1) is 25.3. The van der Waals surface area contributed by atoms with Gasteiger partial charge in [-0.3, -0.25) is 14.6 Å². The van der Waals surface area contributed by atoms with Gasteiger partial charge in [-0.25, -0.2) is 13.1 Å². The van der Waals surface area contributed by atoms with E-state index in [-0.39, 0.29) is 17.3 Å². The number of amides is 1. The average Bonchev–Trinajstić information content (AvgIpc) is 3.67. The molecule has 2 saturated heterocycles. The first-order valence-electron chi connectivity index (χ1n) is 19.9. The molecule has 1 N–H and O–H groups in total. The van der Waals surface area contributed by atoms with Crippen LogP contribution in [0.3, 0.4) is 0 Å². The van der Waals surface area contributed by atoms with Crippen LogP contribution in [-0.4, -0.2) is 99.5 Å². The minimum atomic E-state index is -3.95. The quantitative estimate of drug-likeness (QED) is 0.357. The largest absolute Gasteiger partial charge is 0.490 e. The number of benzene rings is 2. The lowest BCUT2D eigenvalue weighted by Crippen LogP contribution is -2.59. The lowest BCUT2D eigenvalue weighted by Gasteiger charge is -2.52.